The van der Waals surface area contributed by atoms with Gasteiger partial charge in [-0.05, 0) is 45.0 Å². The summed E-state index contributed by atoms with van der Waals surface area (Å²) in [6.07, 6.45) is 0. The minimum absolute atomic E-state index is 0.101. The topological polar surface area (TPSA) is 43.4 Å². The maximum absolute atomic E-state index is 12.7. The van der Waals surface area contributed by atoms with Crippen molar-refractivity contribution < 1.29 is 17.5 Å². The fourth-order valence-corrected chi connectivity index (χ4v) is 2.31. The Morgan fingerprint density at radius 2 is 1.71 bits per heavy atom. The Hall–Kier alpha value is -0.940. The summed E-state index contributed by atoms with van der Waals surface area (Å²) < 4.78 is 41.7. The smallest absolute Gasteiger partial charge is 0.180 e. The van der Waals surface area contributed by atoms with Gasteiger partial charge >= 0.3 is 0 Å². The van der Waals surface area contributed by atoms with Gasteiger partial charge in [-0.1, -0.05) is 0 Å². The normalized spacial score (nSPS) is 12.7. The monoisotopic (exact) mass is 260 g/mol. The van der Waals surface area contributed by atoms with Crippen LogP contribution in [0.5, 0.6) is 0 Å². The molecule has 3 nitrogen and oxygen atoms in total. The Labute approximate surface area is 102 Å². The second-order valence-electron chi connectivity index (χ2n) is 4.73. The minimum Gasteiger partial charge on any atom is -0.375 e. The van der Waals surface area contributed by atoms with Crippen molar-refractivity contribution in [3.8, 4) is 0 Å². The van der Waals surface area contributed by atoms with Crippen LogP contribution in [0, 0.1) is 5.82 Å². The Balaban J connectivity index is 2.66. The molecule has 0 aliphatic rings. The molecule has 0 unspecified atom stereocenters. The highest BCUT2D eigenvalue weighted by Crippen LogP contribution is 2.13. The number of sulfone groups is 1. The molecule has 1 aromatic carbocycles. The number of hydrogen-bond donors (Lipinski definition) is 0. The quantitative estimate of drug-likeness (QED) is 0.781. The van der Waals surface area contributed by atoms with Gasteiger partial charge in [0.15, 0.2) is 9.84 Å². The molecule has 5 heteroatoms. The van der Waals surface area contributed by atoms with E-state index in [4.69, 9.17) is 4.74 Å². The predicted octanol–water partition coefficient (Wildman–Crippen LogP) is 2.41. The molecule has 0 saturated heterocycles. The molecule has 0 N–H and O–H groups in total. The van der Waals surface area contributed by atoms with E-state index < -0.39 is 15.7 Å². The number of benzene rings is 1. The molecule has 0 aliphatic heterocycles. The molecule has 0 spiro atoms. The molecule has 17 heavy (non-hydrogen) atoms. The maximum Gasteiger partial charge on any atom is 0.180 e. The Kier molecular flexibility index (Phi) is 4.27. The third-order valence-electron chi connectivity index (χ3n) is 2.06. The lowest BCUT2D eigenvalue weighted by Gasteiger charge is -2.19. The van der Waals surface area contributed by atoms with Gasteiger partial charge in [0.05, 0.1) is 22.9 Å². The molecule has 0 aliphatic carbocycles. The molecular formula is C12H17FO3S. The van der Waals surface area contributed by atoms with Gasteiger partial charge in [0.2, 0.25) is 0 Å². The molecule has 0 atom stereocenters. The van der Waals surface area contributed by atoms with E-state index >= 15 is 0 Å². The van der Waals surface area contributed by atoms with Gasteiger partial charge in [0.1, 0.15) is 5.82 Å². The van der Waals surface area contributed by atoms with E-state index in [0.717, 1.165) is 12.1 Å². The first kappa shape index (κ1) is 14.1. The number of ether oxygens (including phenoxy) is 1. The fraction of sp³-hybridized carbons (Fsp3) is 0.500. The van der Waals surface area contributed by atoms with E-state index in [1.54, 1.807) is 0 Å². The summed E-state index contributed by atoms with van der Waals surface area (Å²) in [7, 11) is -3.39. The standard InChI is InChI=1S/C12H17FO3S/c1-12(2,3)16-8-9-17(14,15)11-6-4-10(13)5-7-11/h4-7H,8-9H2,1-3H3. The van der Waals surface area contributed by atoms with Crippen molar-refractivity contribution in [1.82, 2.24) is 0 Å². The van der Waals surface area contributed by atoms with Crippen molar-refractivity contribution in [2.24, 2.45) is 0 Å². The SMILES string of the molecule is CC(C)(C)OCCS(=O)(=O)c1ccc(F)cc1. The van der Waals surface area contributed by atoms with Crippen LogP contribution in [0.1, 0.15) is 20.8 Å². The van der Waals surface area contributed by atoms with Crippen molar-refractivity contribution in [3.63, 3.8) is 0 Å². The van der Waals surface area contributed by atoms with E-state index in [-0.39, 0.29) is 22.9 Å². The summed E-state index contributed by atoms with van der Waals surface area (Å²) in [6, 6.07) is 4.80. The Bertz CT molecular complexity index is 458. The highest BCUT2D eigenvalue weighted by Gasteiger charge is 2.17. The summed E-state index contributed by atoms with van der Waals surface area (Å²) in [5.74, 6) is -0.550. The van der Waals surface area contributed by atoms with Crippen LogP contribution < -0.4 is 0 Å². The molecule has 96 valence electrons. The first-order chi connectivity index (χ1) is 7.71. The average Bonchev–Trinajstić information content (AvgIpc) is 2.15. The van der Waals surface area contributed by atoms with Gasteiger partial charge < -0.3 is 4.74 Å². The van der Waals surface area contributed by atoms with Crippen molar-refractivity contribution in [3.05, 3.63) is 30.1 Å². The van der Waals surface area contributed by atoms with Crippen molar-refractivity contribution >= 4 is 9.84 Å². The lowest BCUT2D eigenvalue weighted by molar-refractivity contribution is 0.00644. The van der Waals surface area contributed by atoms with E-state index in [1.807, 2.05) is 20.8 Å². The van der Waals surface area contributed by atoms with Crippen LogP contribution in [-0.4, -0.2) is 26.4 Å². The summed E-state index contributed by atoms with van der Waals surface area (Å²) in [6.45, 7) is 5.70. The van der Waals surface area contributed by atoms with Crippen LogP contribution in [0.3, 0.4) is 0 Å². The molecule has 1 rings (SSSR count). The number of rotatable bonds is 4. The summed E-state index contributed by atoms with van der Waals surface area (Å²) in [5, 5.41) is 0. The van der Waals surface area contributed by atoms with Crippen LogP contribution in [-0.2, 0) is 14.6 Å². The minimum atomic E-state index is -3.39. The van der Waals surface area contributed by atoms with Gasteiger partial charge in [0.25, 0.3) is 0 Å². The molecule has 0 saturated carbocycles. The Morgan fingerprint density at radius 3 is 2.18 bits per heavy atom. The van der Waals surface area contributed by atoms with Crippen molar-refractivity contribution in [1.29, 1.82) is 0 Å². The third-order valence-corrected chi connectivity index (χ3v) is 3.75. The first-order valence-electron chi connectivity index (χ1n) is 5.33. The highest BCUT2D eigenvalue weighted by molar-refractivity contribution is 7.91. The van der Waals surface area contributed by atoms with Crippen LogP contribution >= 0.6 is 0 Å². The van der Waals surface area contributed by atoms with Crippen LogP contribution in [0.4, 0.5) is 4.39 Å². The van der Waals surface area contributed by atoms with E-state index in [2.05, 4.69) is 0 Å². The summed E-state index contributed by atoms with van der Waals surface area (Å²) >= 11 is 0. The third kappa shape index (κ3) is 4.83. The first-order valence-corrected chi connectivity index (χ1v) is 6.98. The van der Waals surface area contributed by atoms with E-state index in [0.29, 0.717) is 0 Å². The molecule has 0 heterocycles. The van der Waals surface area contributed by atoms with Crippen LogP contribution in [0.25, 0.3) is 0 Å². The number of halogens is 1. The lowest BCUT2D eigenvalue weighted by atomic mass is 10.2. The van der Waals surface area contributed by atoms with Crippen molar-refractivity contribution in [2.75, 3.05) is 12.4 Å². The van der Waals surface area contributed by atoms with Gasteiger partial charge in [-0.2, -0.15) is 0 Å². The average molecular weight is 260 g/mol. The van der Waals surface area contributed by atoms with Crippen LogP contribution in [0.2, 0.25) is 0 Å². The second kappa shape index (κ2) is 5.14. The van der Waals surface area contributed by atoms with E-state index in [1.165, 1.54) is 12.1 Å². The maximum atomic E-state index is 12.7. The zero-order chi connectivity index (χ0) is 13.1. The fourth-order valence-electron chi connectivity index (χ4n) is 1.22. The van der Waals surface area contributed by atoms with Crippen molar-refractivity contribution in [2.45, 2.75) is 31.3 Å². The van der Waals surface area contributed by atoms with Gasteiger partial charge in [-0.15, -0.1) is 0 Å². The second-order valence-corrected chi connectivity index (χ2v) is 6.84. The molecule has 1 aromatic rings. The largest absolute Gasteiger partial charge is 0.375 e. The molecular weight excluding hydrogens is 243 g/mol. The van der Waals surface area contributed by atoms with Gasteiger partial charge in [-0.25, -0.2) is 12.8 Å². The molecule has 0 fully saturated rings. The summed E-state index contributed by atoms with van der Waals surface area (Å²) in [5.41, 5.74) is -0.363. The van der Waals surface area contributed by atoms with Crippen LogP contribution in [0.15, 0.2) is 29.2 Å². The Morgan fingerprint density at radius 1 is 1.18 bits per heavy atom. The molecule has 0 amide bonds. The molecule has 0 aromatic heterocycles. The molecule has 0 radical (unpaired) electrons. The van der Waals surface area contributed by atoms with Gasteiger partial charge in [0, 0.05) is 0 Å². The van der Waals surface area contributed by atoms with E-state index in [9.17, 15) is 12.8 Å². The molecule has 0 bridgehead atoms. The zero-order valence-electron chi connectivity index (χ0n) is 10.2. The lowest BCUT2D eigenvalue weighted by Crippen LogP contribution is -2.23. The number of hydrogen-bond acceptors (Lipinski definition) is 3. The highest BCUT2D eigenvalue weighted by atomic mass is 32.2. The zero-order valence-corrected chi connectivity index (χ0v) is 11.1. The van der Waals surface area contributed by atoms with Gasteiger partial charge in [-0.3, -0.25) is 0 Å². The predicted molar refractivity (Wildman–Crippen MR) is 64.2 cm³/mol. The summed E-state index contributed by atoms with van der Waals surface area (Å²) in [4.78, 5) is 0.122.